The van der Waals surface area contributed by atoms with Crippen LogP contribution in [0.2, 0.25) is 0 Å². The first kappa shape index (κ1) is 21.4. The van der Waals surface area contributed by atoms with Gasteiger partial charge in [-0.25, -0.2) is 9.59 Å². The molecule has 1 N–H and O–H groups in total. The minimum atomic E-state index is -1.13. The minimum Gasteiger partial charge on any atom is -0.476 e. The van der Waals surface area contributed by atoms with Gasteiger partial charge in [0.1, 0.15) is 0 Å². The highest BCUT2D eigenvalue weighted by Crippen LogP contribution is 2.30. The number of anilines is 1. The van der Waals surface area contributed by atoms with Crippen molar-refractivity contribution in [2.24, 2.45) is 0 Å². The lowest BCUT2D eigenvalue weighted by molar-refractivity contribution is 0.0689. The normalized spacial score (nSPS) is 20.1. The van der Waals surface area contributed by atoms with Gasteiger partial charge in [0, 0.05) is 57.2 Å². The molecule has 2 aliphatic heterocycles. The van der Waals surface area contributed by atoms with Crippen molar-refractivity contribution in [2.75, 3.05) is 37.6 Å². The maximum Gasteiger partial charge on any atom is 0.356 e. The van der Waals surface area contributed by atoms with Crippen molar-refractivity contribution in [3.05, 3.63) is 47.3 Å². The smallest absolute Gasteiger partial charge is 0.356 e. The van der Waals surface area contributed by atoms with Crippen LogP contribution in [0.1, 0.15) is 47.8 Å². The summed E-state index contributed by atoms with van der Waals surface area (Å²) >= 11 is 0. The van der Waals surface area contributed by atoms with Gasteiger partial charge in [-0.2, -0.15) is 9.78 Å². The molecule has 1 atom stereocenters. The van der Waals surface area contributed by atoms with E-state index >= 15 is 0 Å². The molecule has 2 aliphatic rings. The number of carboxylic acids is 1. The van der Waals surface area contributed by atoms with E-state index in [9.17, 15) is 9.59 Å². The van der Waals surface area contributed by atoms with E-state index in [0.29, 0.717) is 19.1 Å². The number of piperazine rings is 1. The zero-order chi connectivity index (χ0) is 22.0. The highest BCUT2D eigenvalue weighted by Gasteiger charge is 2.26. The van der Waals surface area contributed by atoms with Crippen LogP contribution in [-0.4, -0.2) is 75.5 Å². The largest absolute Gasteiger partial charge is 0.476 e. The molecule has 1 aromatic carbocycles. The maximum absolute atomic E-state index is 12.6. The van der Waals surface area contributed by atoms with E-state index in [1.54, 1.807) is 4.90 Å². The molecule has 0 radical (unpaired) electrons. The molecule has 31 heavy (non-hydrogen) atoms. The number of aromatic carboxylic acids is 1. The van der Waals surface area contributed by atoms with Gasteiger partial charge in [-0.15, -0.1) is 0 Å². The topological polar surface area (TPSA) is 81.9 Å². The average molecular weight is 426 g/mol. The SMILES string of the molecule is Cc1ccc(CN2CCN(C(=O)n3ccc(C(=O)O)n3)CC2)c(N2CCCC[C@@H]2C)c1. The fourth-order valence-electron chi connectivity index (χ4n) is 4.56. The molecule has 0 unspecified atom stereocenters. The first-order valence-corrected chi connectivity index (χ1v) is 11.1. The summed E-state index contributed by atoms with van der Waals surface area (Å²) in [5.74, 6) is -1.13. The van der Waals surface area contributed by atoms with Crippen molar-refractivity contribution < 1.29 is 14.7 Å². The van der Waals surface area contributed by atoms with E-state index in [-0.39, 0.29) is 11.7 Å². The molecule has 1 aromatic heterocycles. The third kappa shape index (κ3) is 4.74. The van der Waals surface area contributed by atoms with Crippen LogP contribution in [-0.2, 0) is 6.54 Å². The molecule has 0 saturated carbocycles. The van der Waals surface area contributed by atoms with Crippen LogP contribution in [0.3, 0.4) is 0 Å². The Hall–Kier alpha value is -2.87. The van der Waals surface area contributed by atoms with Crippen LogP contribution in [0.15, 0.2) is 30.5 Å². The molecule has 8 heteroatoms. The Balaban J connectivity index is 1.40. The van der Waals surface area contributed by atoms with Crippen LogP contribution in [0.5, 0.6) is 0 Å². The molecule has 4 rings (SSSR count). The molecule has 3 heterocycles. The Kier molecular flexibility index (Phi) is 6.27. The first-order chi connectivity index (χ1) is 14.9. The second-order valence-corrected chi connectivity index (χ2v) is 8.67. The van der Waals surface area contributed by atoms with E-state index in [2.05, 4.69) is 46.9 Å². The monoisotopic (exact) mass is 425 g/mol. The van der Waals surface area contributed by atoms with Crippen LogP contribution in [0.4, 0.5) is 10.5 Å². The lowest BCUT2D eigenvalue weighted by atomic mass is 9.99. The Morgan fingerprint density at radius 1 is 1.10 bits per heavy atom. The Morgan fingerprint density at radius 2 is 1.87 bits per heavy atom. The molecule has 2 aromatic rings. The van der Waals surface area contributed by atoms with Crippen molar-refractivity contribution >= 4 is 17.7 Å². The average Bonchev–Trinajstić information content (AvgIpc) is 3.26. The number of benzene rings is 1. The Labute approximate surface area is 183 Å². The highest BCUT2D eigenvalue weighted by molar-refractivity contribution is 5.86. The number of carbonyl (C=O) groups excluding carboxylic acids is 1. The molecular weight excluding hydrogens is 394 g/mol. The quantitative estimate of drug-likeness (QED) is 0.811. The number of carboxylic acid groups (broad SMARTS) is 1. The standard InChI is InChI=1S/C23H31N5O3/c1-17-6-7-19(21(15-17)27-9-4-3-5-18(27)2)16-25-11-13-26(14-12-25)23(31)28-10-8-20(24-28)22(29)30/h6-8,10,15,18H,3-5,9,11-14,16H2,1-2H3,(H,29,30)/t18-/m0/s1. The summed E-state index contributed by atoms with van der Waals surface area (Å²) in [5.41, 5.74) is 3.86. The second-order valence-electron chi connectivity index (χ2n) is 8.67. The Bertz CT molecular complexity index is 948. The van der Waals surface area contributed by atoms with Gasteiger partial charge in [-0.3, -0.25) is 4.90 Å². The van der Waals surface area contributed by atoms with Gasteiger partial charge >= 0.3 is 12.0 Å². The van der Waals surface area contributed by atoms with Crippen LogP contribution < -0.4 is 4.90 Å². The number of hydrogen-bond donors (Lipinski definition) is 1. The molecule has 2 saturated heterocycles. The molecule has 0 aliphatic carbocycles. The number of carbonyl (C=O) groups is 2. The van der Waals surface area contributed by atoms with Crippen LogP contribution in [0.25, 0.3) is 0 Å². The lowest BCUT2D eigenvalue weighted by Crippen LogP contribution is -2.49. The molecule has 1 amide bonds. The van der Waals surface area contributed by atoms with E-state index in [4.69, 9.17) is 5.11 Å². The Morgan fingerprint density at radius 3 is 2.55 bits per heavy atom. The number of aryl methyl sites for hydroxylation is 1. The summed E-state index contributed by atoms with van der Waals surface area (Å²) in [5, 5.41) is 12.9. The fraction of sp³-hybridized carbons (Fsp3) is 0.522. The molecular formula is C23H31N5O3. The van der Waals surface area contributed by atoms with E-state index in [0.717, 1.165) is 30.9 Å². The van der Waals surface area contributed by atoms with Crippen molar-refractivity contribution in [3.63, 3.8) is 0 Å². The van der Waals surface area contributed by atoms with Gasteiger partial charge in [-0.1, -0.05) is 12.1 Å². The predicted octanol–water partition coefficient (Wildman–Crippen LogP) is 3.05. The van der Waals surface area contributed by atoms with Gasteiger partial charge in [-0.05, 0) is 56.4 Å². The van der Waals surface area contributed by atoms with Gasteiger partial charge < -0.3 is 14.9 Å². The zero-order valence-corrected chi connectivity index (χ0v) is 18.3. The number of piperidine rings is 1. The van der Waals surface area contributed by atoms with Gasteiger partial charge in [0.05, 0.1) is 0 Å². The van der Waals surface area contributed by atoms with Gasteiger partial charge in [0.2, 0.25) is 0 Å². The lowest BCUT2D eigenvalue weighted by Gasteiger charge is -2.39. The van der Waals surface area contributed by atoms with Gasteiger partial charge in [0.15, 0.2) is 5.69 Å². The zero-order valence-electron chi connectivity index (χ0n) is 18.3. The van der Waals surface area contributed by atoms with E-state index < -0.39 is 5.97 Å². The summed E-state index contributed by atoms with van der Waals surface area (Å²) in [7, 11) is 0. The van der Waals surface area contributed by atoms with Crippen molar-refractivity contribution in [3.8, 4) is 0 Å². The van der Waals surface area contributed by atoms with Crippen molar-refractivity contribution in [1.29, 1.82) is 0 Å². The van der Waals surface area contributed by atoms with Crippen LogP contribution >= 0.6 is 0 Å². The molecule has 2 fully saturated rings. The number of amides is 1. The van der Waals surface area contributed by atoms with Gasteiger partial charge in [0.25, 0.3) is 0 Å². The third-order valence-corrected chi connectivity index (χ3v) is 6.39. The fourth-order valence-corrected chi connectivity index (χ4v) is 4.56. The number of rotatable bonds is 4. The third-order valence-electron chi connectivity index (χ3n) is 6.39. The molecule has 166 valence electrons. The van der Waals surface area contributed by atoms with Crippen molar-refractivity contribution in [1.82, 2.24) is 19.6 Å². The van der Waals surface area contributed by atoms with E-state index in [1.165, 1.54) is 48.3 Å². The first-order valence-electron chi connectivity index (χ1n) is 11.1. The van der Waals surface area contributed by atoms with Crippen molar-refractivity contribution in [2.45, 2.75) is 45.7 Å². The predicted molar refractivity (Wildman–Crippen MR) is 119 cm³/mol. The number of hydrogen-bond acceptors (Lipinski definition) is 5. The maximum atomic E-state index is 12.6. The summed E-state index contributed by atoms with van der Waals surface area (Å²) in [4.78, 5) is 30.3. The highest BCUT2D eigenvalue weighted by atomic mass is 16.4. The minimum absolute atomic E-state index is 0.120. The van der Waals surface area contributed by atoms with E-state index in [1.807, 2.05) is 0 Å². The summed E-state index contributed by atoms with van der Waals surface area (Å²) in [6.07, 6.45) is 5.20. The summed E-state index contributed by atoms with van der Waals surface area (Å²) in [6, 6.07) is 8.39. The molecule has 0 bridgehead atoms. The summed E-state index contributed by atoms with van der Waals surface area (Å²) in [6.45, 7) is 9.21. The second kappa shape index (κ2) is 9.09. The molecule has 8 nitrogen and oxygen atoms in total. The summed E-state index contributed by atoms with van der Waals surface area (Å²) < 4.78 is 1.12. The molecule has 0 spiro atoms. The van der Waals surface area contributed by atoms with Crippen LogP contribution in [0, 0.1) is 6.92 Å². The number of nitrogens with zero attached hydrogens (tertiary/aromatic N) is 5. The number of aromatic nitrogens is 2.